The van der Waals surface area contributed by atoms with Crippen LogP contribution in [0.5, 0.6) is 0 Å². The van der Waals surface area contributed by atoms with Crippen LogP contribution in [0.2, 0.25) is 0 Å². The highest BCUT2D eigenvalue weighted by atomic mass is 16.2. The zero-order valence-electron chi connectivity index (χ0n) is 19.5. The lowest BCUT2D eigenvalue weighted by Crippen LogP contribution is -2.34. The average Bonchev–Trinajstić information content (AvgIpc) is 3.07. The Morgan fingerprint density at radius 2 is 1.53 bits per heavy atom. The fourth-order valence-corrected chi connectivity index (χ4v) is 4.09. The molecule has 0 bridgehead atoms. The summed E-state index contributed by atoms with van der Waals surface area (Å²) in [5.74, 6) is -0.829. The number of likely N-dealkylation sites (N-methyl/N-ethyl adjacent to an activating group) is 1. The van der Waals surface area contributed by atoms with Gasteiger partial charge in [0.25, 0.3) is 11.8 Å². The number of aryl methyl sites for hydroxylation is 1. The van der Waals surface area contributed by atoms with E-state index in [1.54, 1.807) is 24.3 Å². The fraction of sp³-hybridized carbons (Fsp3) is 0.179. The molecule has 0 aromatic heterocycles. The third-order valence-corrected chi connectivity index (χ3v) is 5.75. The van der Waals surface area contributed by atoms with Crippen LogP contribution in [0, 0.1) is 6.92 Å². The number of hydrogen-bond acceptors (Lipinski definition) is 4. The van der Waals surface area contributed by atoms with E-state index in [0.29, 0.717) is 29.1 Å². The van der Waals surface area contributed by atoms with Gasteiger partial charge in [0, 0.05) is 24.8 Å². The van der Waals surface area contributed by atoms with Crippen molar-refractivity contribution in [1.29, 1.82) is 0 Å². The number of nitrogens with zero attached hydrogens (tertiary/aromatic N) is 2. The largest absolute Gasteiger partial charge is 0.337 e. The Kier molecular flexibility index (Phi) is 6.59. The summed E-state index contributed by atoms with van der Waals surface area (Å²) in [5, 5.41) is 2.73. The summed E-state index contributed by atoms with van der Waals surface area (Å²) in [6, 6.07) is 24.4. The SMILES string of the molecule is CCN(C1=C(c2ccc(NC(C)=O)cc2)C(=O)N(Cc2ccc(C)cc2)C1=O)c1ccccc1. The van der Waals surface area contributed by atoms with Gasteiger partial charge in [0.2, 0.25) is 5.91 Å². The number of carbonyl (C=O) groups excluding carboxylic acids is 3. The molecule has 6 heteroatoms. The molecule has 4 rings (SSSR count). The summed E-state index contributed by atoms with van der Waals surface area (Å²) >= 11 is 0. The molecular weight excluding hydrogens is 426 g/mol. The lowest BCUT2D eigenvalue weighted by Gasteiger charge is -2.25. The van der Waals surface area contributed by atoms with E-state index in [1.165, 1.54) is 11.8 Å². The number of nitrogens with one attached hydrogen (secondary N) is 1. The van der Waals surface area contributed by atoms with Gasteiger partial charge < -0.3 is 10.2 Å². The van der Waals surface area contributed by atoms with Crippen molar-refractivity contribution in [3.63, 3.8) is 0 Å². The highest BCUT2D eigenvalue weighted by Crippen LogP contribution is 2.35. The second-order valence-electron chi connectivity index (χ2n) is 8.24. The molecule has 1 aliphatic rings. The van der Waals surface area contributed by atoms with Crippen LogP contribution in [0.4, 0.5) is 11.4 Å². The highest BCUT2D eigenvalue weighted by Gasteiger charge is 2.41. The Morgan fingerprint density at radius 1 is 0.882 bits per heavy atom. The molecule has 0 atom stereocenters. The quantitative estimate of drug-likeness (QED) is 0.524. The molecule has 1 heterocycles. The minimum atomic E-state index is -0.331. The molecular formula is C28H27N3O3. The number of benzene rings is 3. The minimum Gasteiger partial charge on any atom is -0.337 e. The lowest BCUT2D eigenvalue weighted by molar-refractivity contribution is -0.137. The fourth-order valence-electron chi connectivity index (χ4n) is 4.09. The van der Waals surface area contributed by atoms with Gasteiger partial charge in [-0.05, 0) is 49.2 Å². The van der Waals surface area contributed by atoms with Crippen molar-refractivity contribution < 1.29 is 14.4 Å². The smallest absolute Gasteiger partial charge is 0.278 e. The third-order valence-electron chi connectivity index (χ3n) is 5.75. The zero-order valence-corrected chi connectivity index (χ0v) is 19.5. The summed E-state index contributed by atoms with van der Waals surface area (Å²) < 4.78 is 0. The first kappa shape index (κ1) is 23.0. The van der Waals surface area contributed by atoms with E-state index in [9.17, 15) is 14.4 Å². The first-order valence-corrected chi connectivity index (χ1v) is 11.3. The van der Waals surface area contributed by atoms with Crippen molar-refractivity contribution >= 4 is 34.7 Å². The molecule has 0 saturated heterocycles. The number of rotatable bonds is 7. The first-order valence-electron chi connectivity index (χ1n) is 11.3. The number of carbonyl (C=O) groups is 3. The van der Waals surface area contributed by atoms with E-state index < -0.39 is 0 Å². The molecule has 34 heavy (non-hydrogen) atoms. The minimum absolute atomic E-state index is 0.176. The number of imide groups is 1. The maximum absolute atomic E-state index is 13.7. The lowest BCUT2D eigenvalue weighted by atomic mass is 10.0. The maximum Gasteiger partial charge on any atom is 0.278 e. The molecule has 6 nitrogen and oxygen atoms in total. The van der Waals surface area contributed by atoms with Crippen molar-refractivity contribution in [3.05, 3.63) is 101 Å². The molecule has 0 aliphatic carbocycles. The van der Waals surface area contributed by atoms with Crippen molar-refractivity contribution in [3.8, 4) is 0 Å². The number of amides is 3. The van der Waals surface area contributed by atoms with E-state index in [4.69, 9.17) is 0 Å². The van der Waals surface area contributed by atoms with Gasteiger partial charge in [-0.25, -0.2) is 0 Å². The monoisotopic (exact) mass is 453 g/mol. The van der Waals surface area contributed by atoms with Gasteiger partial charge in [-0.3, -0.25) is 19.3 Å². The van der Waals surface area contributed by atoms with Gasteiger partial charge in [-0.2, -0.15) is 0 Å². The Labute approximate surface area is 199 Å². The van der Waals surface area contributed by atoms with Crippen molar-refractivity contribution in [2.75, 3.05) is 16.8 Å². The molecule has 0 fully saturated rings. The maximum atomic E-state index is 13.7. The summed E-state index contributed by atoms with van der Waals surface area (Å²) in [4.78, 5) is 41.9. The van der Waals surface area contributed by atoms with Gasteiger partial charge in [0.15, 0.2) is 0 Å². The molecule has 0 radical (unpaired) electrons. The molecule has 0 spiro atoms. The van der Waals surface area contributed by atoms with E-state index in [0.717, 1.165) is 16.8 Å². The van der Waals surface area contributed by atoms with Crippen LogP contribution in [0.25, 0.3) is 5.57 Å². The summed E-state index contributed by atoms with van der Waals surface area (Å²) in [6.07, 6.45) is 0. The van der Waals surface area contributed by atoms with Gasteiger partial charge in [-0.15, -0.1) is 0 Å². The van der Waals surface area contributed by atoms with Gasteiger partial charge in [0.05, 0.1) is 12.1 Å². The third kappa shape index (κ3) is 4.62. The molecule has 1 aliphatic heterocycles. The van der Waals surface area contributed by atoms with Crippen molar-refractivity contribution in [1.82, 2.24) is 4.90 Å². The Bertz CT molecular complexity index is 1250. The van der Waals surface area contributed by atoms with Crippen LogP contribution in [-0.2, 0) is 20.9 Å². The first-order chi connectivity index (χ1) is 16.4. The zero-order chi connectivity index (χ0) is 24.2. The number of hydrogen-bond donors (Lipinski definition) is 1. The van der Waals surface area contributed by atoms with Crippen LogP contribution >= 0.6 is 0 Å². The Morgan fingerprint density at radius 3 is 2.12 bits per heavy atom. The molecule has 0 saturated carbocycles. The molecule has 1 N–H and O–H groups in total. The predicted octanol–water partition coefficient (Wildman–Crippen LogP) is 4.76. The van der Waals surface area contributed by atoms with Crippen molar-refractivity contribution in [2.45, 2.75) is 27.3 Å². The van der Waals surface area contributed by atoms with Gasteiger partial charge in [0.1, 0.15) is 5.70 Å². The second kappa shape index (κ2) is 9.75. The average molecular weight is 454 g/mol. The summed E-state index contributed by atoms with van der Waals surface area (Å²) in [5.41, 5.74) is 4.81. The van der Waals surface area contributed by atoms with Crippen LogP contribution in [-0.4, -0.2) is 29.2 Å². The normalized spacial score (nSPS) is 13.4. The number of anilines is 2. The predicted molar refractivity (Wildman–Crippen MR) is 134 cm³/mol. The van der Waals surface area contributed by atoms with Crippen LogP contribution in [0.15, 0.2) is 84.6 Å². The van der Waals surface area contributed by atoms with Gasteiger partial charge >= 0.3 is 0 Å². The van der Waals surface area contributed by atoms with Crippen LogP contribution in [0.3, 0.4) is 0 Å². The van der Waals surface area contributed by atoms with Crippen molar-refractivity contribution in [2.24, 2.45) is 0 Å². The second-order valence-corrected chi connectivity index (χ2v) is 8.24. The molecule has 0 unspecified atom stereocenters. The van der Waals surface area contributed by atoms with E-state index >= 15 is 0 Å². The van der Waals surface area contributed by atoms with E-state index in [1.807, 2.05) is 73.3 Å². The molecule has 3 aromatic rings. The Hall–Kier alpha value is -4.19. The standard InChI is InChI=1S/C28H27N3O3/c1-4-30(24-8-6-5-7-9-24)26-25(22-14-16-23(17-15-22)29-20(3)32)27(33)31(28(26)34)18-21-12-10-19(2)11-13-21/h5-17H,4,18H2,1-3H3,(H,29,32). The summed E-state index contributed by atoms with van der Waals surface area (Å²) in [7, 11) is 0. The summed E-state index contributed by atoms with van der Waals surface area (Å²) in [6.45, 7) is 6.11. The van der Waals surface area contributed by atoms with Crippen LogP contribution < -0.4 is 10.2 Å². The molecule has 3 aromatic carbocycles. The molecule has 3 amide bonds. The number of para-hydroxylation sites is 1. The molecule has 172 valence electrons. The topological polar surface area (TPSA) is 69.7 Å². The Balaban J connectivity index is 1.78. The van der Waals surface area contributed by atoms with E-state index in [-0.39, 0.29) is 24.3 Å². The highest BCUT2D eigenvalue weighted by molar-refractivity contribution is 6.36. The van der Waals surface area contributed by atoms with Crippen LogP contribution in [0.1, 0.15) is 30.5 Å². The van der Waals surface area contributed by atoms with E-state index in [2.05, 4.69) is 5.32 Å². The van der Waals surface area contributed by atoms with Gasteiger partial charge in [-0.1, -0.05) is 60.2 Å².